The molecule has 0 bridgehead atoms. The second-order valence-electron chi connectivity index (χ2n) is 4.59. The number of rotatable bonds is 4. The Morgan fingerprint density at radius 2 is 2.08 bits per heavy atom. The third-order valence-electron chi connectivity index (χ3n) is 3.11. The van der Waals surface area contributed by atoms with E-state index in [1.807, 2.05) is 0 Å². The summed E-state index contributed by atoms with van der Waals surface area (Å²) in [6.07, 6.45) is 8.56. The lowest BCUT2D eigenvalue weighted by atomic mass is 9.94. The summed E-state index contributed by atoms with van der Waals surface area (Å²) in [5.74, 6) is 1.63. The summed E-state index contributed by atoms with van der Waals surface area (Å²) < 4.78 is 0. The van der Waals surface area contributed by atoms with E-state index in [4.69, 9.17) is 0 Å². The molecule has 2 atom stereocenters. The zero-order chi connectivity index (χ0) is 9.68. The molecule has 76 valence electrons. The van der Waals surface area contributed by atoms with Gasteiger partial charge in [-0.05, 0) is 44.6 Å². The first-order valence-electron chi connectivity index (χ1n) is 5.58. The standard InChI is InChI=1S/C12H23N/c1-10(2)11(3)13-9-12-7-5-4-6-8-12/h4-5,10-13H,6-9H2,1-3H3. The van der Waals surface area contributed by atoms with Gasteiger partial charge in [-0.15, -0.1) is 0 Å². The van der Waals surface area contributed by atoms with Crippen LogP contribution in [0.3, 0.4) is 0 Å². The third-order valence-corrected chi connectivity index (χ3v) is 3.11. The molecule has 0 fully saturated rings. The molecule has 0 aromatic carbocycles. The number of allylic oxidation sites excluding steroid dienone is 2. The molecule has 0 spiro atoms. The molecule has 0 aliphatic heterocycles. The van der Waals surface area contributed by atoms with Crippen LogP contribution in [0.4, 0.5) is 0 Å². The molecule has 0 aromatic rings. The summed E-state index contributed by atoms with van der Waals surface area (Å²) in [7, 11) is 0. The van der Waals surface area contributed by atoms with Gasteiger partial charge in [-0.25, -0.2) is 0 Å². The highest BCUT2D eigenvalue weighted by atomic mass is 14.9. The highest BCUT2D eigenvalue weighted by Crippen LogP contribution is 2.17. The van der Waals surface area contributed by atoms with Gasteiger partial charge in [0.1, 0.15) is 0 Å². The second kappa shape index (κ2) is 5.43. The Morgan fingerprint density at radius 3 is 2.62 bits per heavy atom. The Bertz CT molecular complexity index is 161. The zero-order valence-corrected chi connectivity index (χ0v) is 9.22. The molecular formula is C12H23N. The Labute approximate surface area is 82.6 Å². The van der Waals surface area contributed by atoms with Crippen LogP contribution in [0.5, 0.6) is 0 Å². The molecule has 0 amide bonds. The van der Waals surface area contributed by atoms with Crippen molar-refractivity contribution in [3.8, 4) is 0 Å². The molecule has 13 heavy (non-hydrogen) atoms. The average molecular weight is 181 g/mol. The van der Waals surface area contributed by atoms with Crippen LogP contribution in [-0.4, -0.2) is 12.6 Å². The van der Waals surface area contributed by atoms with Gasteiger partial charge in [0.2, 0.25) is 0 Å². The normalized spacial score (nSPS) is 25.1. The van der Waals surface area contributed by atoms with Crippen molar-refractivity contribution in [3.05, 3.63) is 12.2 Å². The van der Waals surface area contributed by atoms with E-state index in [2.05, 4.69) is 38.2 Å². The maximum Gasteiger partial charge on any atom is 0.00618 e. The minimum atomic E-state index is 0.658. The van der Waals surface area contributed by atoms with Gasteiger partial charge in [0.15, 0.2) is 0 Å². The molecule has 1 nitrogen and oxygen atoms in total. The molecule has 1 heteroatoms. The van der Waals surface area contributed by atoms with Crippen LogP contribution in [0, 0.1) is 11.8 Å². The maximum absolute atomic E-state index is 3.62. The molecule has 1 rings (SSSR count). The molecule has 0 saturated carbocycles. The van der Waals surface area contributed by atoms with Crippen LogP contribution in [0.2, 0.25) is 0 Å². The van der Waals surface area contributed by atoms with E-state index in [0.717, 1.165) is 11.8 Å². The zero-order valence-electron chi connectivity index (χ0n) is 9.22. The Kier molecular flexibility index (Phi) is 4.51. The molecule has 1 N–H and O–H groups in total. The summed E-state index contributed by atoms with van der Waals surface area (Å²) in [5.41, 5.74) is 0. The highest BCUT2D eigenvalue weighted by Gasteiger charge is 2.12. The topological polar surface area (TPSA) is 12.0 Å². The van der Waals surface area contributed by atoms with Crippen LogP contribution in [-0.2, 0) is 0 Å². The van der Waals surface area contributed by atoms with E-state index in [1.54, 1.807) is 0 Å². The van der Waals surface area contributed by atoms with E-state index in [1.165, 1.54) is 25.8 Å². The van der Waals surface area contributed by atoms with Gasteiger partial charge in [0.05, 0.1) is 0 Å². The van der Waals surface area contributed by atoms with Crippen LogP contribution in [0.1, 0.15) is 40.0 Å². The highest BCUT2D eigenvalue weighted by molar-refractivity contribution is 4.90. The van der Waals surface area contributed by atoms with Gasteiger partial charge in [0, 0.05) is 6.04 Å². The number of hydrogen-bond acceptors (Lipinski definition) is 1. The predicted octanol–water partition coefficient (Wildman–Crippen LogP) is 2.98. The van der Waals surface area contributed by atoms with Crippen molar-refractivity contribution in [2.24, 2.45) is 11.8 Å². The van der Waals surface area contributed by atoms with Gasteiger partial charge in [-0.2, -0.15) is 0 Å². The fourth-order valence-corrected chi connectivity index (χ4v) is 1.63. The molecule has 1 aliphatic rings. The lowest BCUT2D eigenvalue weighted by Gasteiger charge is -2.23. The van der Waals surface area contributed by atoms with Crippen molar-refractivity contribution >= 4 is 0 Å². The van der Waals surface area contributed by atoms with Gasteiger partial charge < -0.3 is 5.32 Å². The smallest absolute Gasteiger partial charge is 0.00618 e. The Balaban J connectivity index is 2.14. The summed E-state index contributed by atoms with van der Waals surface area (Å²) >= 11 is 0. The van der Waals surface area contributed by atoms with Crippen molar-refractivity contribution in [3.63, 3.8) is 0 Å². The van der Waals surface area contributed by atoms with Crippen molar-refractivity contribution in [1.82, 2.24) is 5.32 Å². The molecule has 1 aliphatic carbocycles. The monoisotopic (exact) mass is 181 g/mol. The molecule has 0 saturated heterocycles. The summed E-state index contributed by atoms with van der Waals surface area (Å²) in [4.78, 5) is 0. The van der Waals surface area contributed by atoms with E-state index in [9.17, 15) is 0 Å². The van der Waals surface area contributed by atoms with Crippen LogP contribution >= 0.6 is 0 Å². The van der Waals surface area contributed by atoms with E-state index >= 15 is 0 Å². The van der Waals surface area contributed by atoms with Gasteiger partial charge >= 0.3 is 0 Å². The molecule has 0 radical (unpaired) electrons. The summed E-state index contributed by atoms with van der Waals surface area (Å²) in [6, 6.07) is 0.658. The lowest BCUT2D eigenvalue weighted by molar-refractivity contribution is 0.366. The van der Waals surface area contributed by atoms with Gasteiger partial charge in [-0.1, -0.05) is 26.0 Å². The first-order valence-corrected chi connectivity index (χ1v) is 5.58. The van der Waals surface area contributed by atoms with Crippen molar-refractivity contribution in [2.75, 3.05) is 6.54 Å². The van der Waals surface area contributed by atoms with E-state index in [-0.39, 0.29) is 0 Å². The second-order valence-corrected chi connectivity index (χ2v) is 4.59. The van der Waals surface area contributed by atoms with Crippen molar-refractivity contribution < 1.29 is 0 Å². The summed E-state index contributed by atoms with van der Waals surface area (Å²) in [6.45, 7) is 8.03. The SMILES string of the molecule is CC(C)C(C)NCC1CC=CCC1. The first kappa shape index (κ1) is 10.8. The predicted molar refractivity (Wildman–Crippen MR) is 58.8 cm³/mol. The maximum atomic E-state index is 3.62. The van der Waals surface area contributed by atoms with Crippen molar-refractivity contribution in [2.45, 2.75) is 46.1 Å². The first-order chi connectivity index (χ1) is 6.20. The minimum Gasteiger partial charge on any atom is -0.314 e. The van der Waals surface area contributed by atoms with E-state index in [0.29, 0.717) is 6.04 Å². The van der Waals surface area contributed by atoms with Crippen LogP contribution in [0.25, 0.3) is 0 Å². The van der Waals surface area contributed by atoms with Gasteiger partial charge in [0.25, 0.3) is 0 Å². The Hall–Kier alpha value is -0.300. The fraction of sp³-hybridized carbons (Fsp3) is 0.833. The number of nitrogens with one attached hydrogen (secondary N) is 1. The third kappa shape index (κ3) is 3.95. The van der Waals surface area contributed by atoms with E-state index < -0.39 is 0 Å². The molecule has 0 heterocycles. The lowest BCUT2D eigenvalue weighted by Crippen LogP contribution is -2.34. The molecular weight excluding hydrogens is 158 g/mol. The quantitative estimate of drug-likeness (QED) is 0.657. The fourth-order valence-electron chi connectivity index (χ4n) is 1.63. The number of hydrogen-bond donors (Lipinski definition) is 1. The average Bonchev–Trinajstić information content (AvgIpc) is 2.15. The molecule has 0 aromatic heterocycles. The molecule has 2 unspecified atom stereocenters. The van der Waals surface area contributed by atoms with Crippen LogP contribution < -0.4 is 5.32 Å². The Morgan fingerprint density at radius 1 is 1.31 bits per heavy atom. The van der Waals surface area contributed by atoms with Gasteiger partial charge in [-0.3, -0.25) is 0 Å². The van der Waals surface area contributed by atoms with Crippen molar-refractivity contribution in [1.29, 1.82) is 0 Å². The minimum absolute atomic E-state index is 0.658. The summed E-state index contributed by atoms with van der Waals surface area (Å²) in [5, 5.41) is 3.62. The largest absolute Gasteiger partial charge is 0.314 e. The van der Waals surface area contributed by atoms with Crippen LogP contribution in [0.15, 0.2) is 12.2 Å².